The summed E-state index contributed by atoms with van der Waals surface area (Å²) < 4.78 is 0. The molecule has 0 bridgehead atoms. The topological polar surface area (TPSA) is 12.0 Å². The van der Waals surface area contributed by atoms with Gasteiger partial charge in [0.1, 0.15) is 0 Å². The summed E-state index contributed by atoms with van der Waals surface area (Å²) in [6.07, 6.45) is 2.59. The zero-order valence-electron chi connectivity index (χ0n) is 12.2. The Bertz CT molecular complexity index is 257. The van der Waals surface area contributed by atoms with Crippen molar-refractivity contribution in [1.29, 1.82) is 0 Å². The maximum Gasteiger partial charge on any atom is -0.00431 e. The van der Waals surface area contributed by atoms with Crippen LogP contribution in [-0.2, 0) is 0 Å². The molecule has 1 fully saturated rings. The largest absolute Gasteiger partial charge is 0.317 e. The van der Waals surface area contributed by atoms with E-state index in [1.165, 1.54) is 37.1 Å². The van der Waals surface area contributed by atoms with Crippen LogP contribution in [0.15, 0.2) is 24.3 Å². The van der Waals surface area contributed by atoms with E-state index in [0.29, 0.717) is 0 Å². The van der Waals surface area contributed by atoms with Crippen LogP contribution >= 0.6 is 0 Å². The Morgan fingerprint density at radius 3 is 1.82 bits per heavy atom. The SMILES string of the molecule is CC.CC.Cc1ccc(C2CCNCC2)cc1. The highest BCUT2D eigenvalue weighted by atomic mass is 14.9. The summed E-state index contributed by atoms with van der Waals surface area (Å²) >= 11 is 0. The second kappa shape index (κ2) is 10.3. The van der Waals surface area contributed by atoms with Crippen molar-refractivity contribution in [1.82, 2.24) is 5.32 Å². The van der Waals surface area contributed by atoms with Crippen LogP contribution in [-0.4, -0.2) is 13.1 Å². The fraction of sp³-hybridized carbons (Fsp3) is 0.625. The van der Waals surface area contributed by atoms with Gasteiger partial charge >= 0.3 is 0 Å². The number of aryl methyl sites for hydroxylation is 1. The van der Waals surface area contributed by atoms with E-state index in [9.17, 15) is 0 Å². The van der Waals surface area contributed by atoms with E-state index in [1.807, 2.05) is 27.7 Å². The van der Waals surface area contributed by atoms with Crippen LogP contribution < -0.4 is 5.32 Å². The molecule has 0 aromatic heterocycles. The monoisotopic (exact) mass is 235 g/mol. The van der Waals surface area contributed by atoms with E-state index in [4.69, 9.17) is 0 Å². The molecule has 1 aliphatic heterocycles. The number of hydrogen-bond donors (Lipinski definition) is 1. The smallest absolute Gasteiger partial charge is 0.00431 e. The predicted octanol–water partition coefficient (Wildman–Crippen LogP) is 4.51. The molecule has 0 unspecified atom stereocenters. The van der Waals surface area contributed by atoms with E-state index in [1.54, 1.807) is 0 Å². The van der Waals surface area contributed by atoms with Gasteiger partial charge in [-0.05, 0) is 44.3 Å². The summed E-state index contributed by atoms with van der Waals surface area (Å²) in [5.74, 6) is 0.793. The first-order chi connectivity index (χ1) is 8.36. The first-order valence-electron chi connectivity index (χ1n) is 7.13. The number of piperidine rings is 1. The van der Waals surface area contributed by atoms with Crippen molar-refractivity contribution in [3.63, 3.8) is 0 Å². The standard InChI is InChI=1S/C12H17N.2C2H6/c1-10-2-4-11(5-3-10)12-6-8-13-9-7-12;2*1-2/h2-5,12-13H,6-9H2,1H3;2*1-2H3. The molecule has 0 saturated carbocycles. The Kier molecular flexibility index (Phi) is 9.84. The quantitative estimate of drug-likeness (QED) is 0.755. The van der Waals surface area contributed by atoms with Crippen molar-refractivity contribution < 1.29 is 0 Å². The normalized spacial score (nSPS) is 15.1. The van der Waals surface area contributed by atoms with Gasteiger partial charge in [0.2, 0.25) is 0 Å². The molecule has 0 atom stereocenters. The van der Waals surface area contributed by atoms with Gasteiger partial charge in [0, 0.05) is 0 Å². The van der Waals surface area contributed by atoms with Crippen molar-refractivity contribution in [2.45, 2.75) is 53.4 Å². The summed E-state index contributed by atoms with van der Waals surface area (Å²) in [6, 6.07) is 9.01. The Balaban J connectivity index is 0.000000581. The Morgan fingerprint density at radius 1 is 0.882 bits per heavy atom. The lowest BCUT2D eigenvalue weighted by Gasteiger charge is -2.22. The maximum absolute atomic E-state index is 3.40. The van der Waals surface area contributed by atoms with Crippen molar-refractivity contribution >= 4 is 0 Å². The number of nitrogens with one attached hydrogen (secondary N) is 1. The maximum atomic E-state index is 3.40. The molecule has 0 amide bonds. The van der Waals surface area contributed by atoms with Crippen LogP contribution in [0.4, 0.5) is 0 Å². The summed E-state index contributed by atoms with van der Waals surface area (Å²) in [5.41, 5.74) is 2.88. The first kappa shape index (κ1) is 16.2. The van der Waals surface area contributed by atoms with Crippen molar-refractivity contribution in [3.8, 4) is 0 Å². The first-order valence-corrected chi connectivity index (χ1v) is 7.13. The molecule has 1 saturated heterocycles. The molecule has 2 rings (SSSR count). The second-order valence-electron chi connectivity index (χ2n) is 3.93. The van der Waals surface area contributed by atoms with Crippen LogP contribution in [0, 0.1) is 6.92 Å². The Morgan fingerprint density at radius 2 is 1.35 bits per heavy atom. The summed E-state index contributed by atoms with van der Waals surface area (Å²) in [6.45, 7) is 12.5. The van der Waals surface area contributed by atoms with Crippen LogP contribution in [0.2, 0.25) is 0 Å². The van der Waals surface area contributed by atoms with E-state index < -0.39 is 0 Å². The second-order valence-corrected chi connectivity index (χ2v) is 3.93. The molecular weight excluding hydrogens is 206 g/mol. The Hall–Kier alpha value is -0.820. The third kappa shape index (κ3) is 5.88. The minimum atomic E-state index is 0.793. The van der Waals surface area contributed by atoms with Crippen LogP contribution in [0.1, 0.15) is 57.6 Å². The molecule has 1 heterocycles. The van der Waals surface area contributed by atoms with Gasteiger partial charge in [-0.25, -0.2) is 0 Å². The highest BCUT2D eigenvalue weighted by Gasteiger charge is 2.14. The van der Waals surface area contributed by atoms with E-state index in [-0.39, 0.29) is 0 Å². The molecule has 0 radical (unpaired) electrons. The van der Waals surface area contributed by atoms with Crippen molar-refractivity contribution in [2.24, 2.45) is 0 Å². The number of rotatable bonds is 1. The Labute approximate surface area is 108 Å². The molecule has 0 aliphatic carbocycles. The van der Waals surface area contributed by atoms with Gasteiger partial charge in [0.05, 0.1) is 0 Å². The highest BCUT2D eigenvalue weighted by molar-refractivity contribution is 5.24. The van der Waals surface area contributed by atoms with Gasteiger partial charge in [-0.15, -0.1) is 0 Å². The highest BCUT2D eigenvalue weighted by Crippen LogP contribution is 2.24. The fourth-order valence-corrected chi connectivity index (χ4v) is 1.99. The molecule has 1 aromatic rings. The number of benzene rings is 1. The molecule has 1 heteroatoms. The van der Waals surface area contributed by atoms with Crippen LogP contribution in [0.5, 0.6) is 0 Å². The van der Waals surface area contributed by atoms with Crippen LogP contribution in [0.25, 0.3) is 0 Å². The van der Waals surface area contributed by atoms with E-state index in [2.05, 4.69) is 36.5 Å². The van der Waals surface area contributed by atoms with Gasteiger partial charge in [-0.3, -0.25) is 0 Å². The van der Waals surface area contributed by atoms with Gasteiger partial charge in [-0.2, -0.15) is 0 Å². The van der Waals surface area contributed by atoms with Crippen molar-refractivity contribution in [3.05, 3.63) is 35.4 Å². The van der Waals surface area contributed by atoms with Gasteiger partial charge in [0.25, 0.3) is 0 Å². The molecule has 1 aliphatic rings. The third-order valence-electron chi connectivity index (χ3n) is 2.89. The molecule has 0 spiro atoms. The number of hydrogen-bond acceptors (Lipinski definition) is 1. The summed E-state index contributed by atoms with van der Waals surface area (Å²) in [7, 11) is 0. The molecular formula is C16H29N. The van der Waals surface area contributed by atoms with Crippen LogP contribution in [0.3, 0.4) is 0 Å². The lowest BCUT2D eigenvalue weighted by Crippen LogP contribution is -2.26. The molecule has 1 aromatic carbocycles. The minimum absolute atomic E-state index is 0.793. The zero-order valence-corrected chi connectivity index (χ0v) is 12.2. The lowest BCUT2D eigenvalue weighted by atomic mass is 9.90. The fourth-order valence-electron chi connectivity index (χ4n) is 1.99. The predicted molar refractivity (Wildman–Crippen MR) is 78.7 cm³/mol. The van der Waals surface area contributed by atoms with Crippen molar-refractivity contribution in [2.75, 3.05) is 13.1 Å². The van der Waals surface area contributed by atoms with Gasteiger partial charge < -0.3 is 5.32 Å². The average molecular weight is 235 g/mol. The molecule has 98 valence electrons. The molecule has 17 heavy (non-hydrogen) atoms. The molecule has 1 N–H and O–H groups in total. The zero-order chi connectivity index (χ0) is 13.1. The average Bonchev–Trinajstić information content (AvgIpc) is 2.45. The van der Waals surface area contributed by atoms with Gasteiger partial charge in [-0.1, -0.05) is 57.5 Å². The third-order valence-corrected chi connectivity index (χ3v) is 2.89. The summed E-state index contributed by atoms with van der Waals surface area (Å²) in [5, 5.41) is 3.40. The van der Waals surface area contributed by atoms with Gasteiger partial charge in [0.15, 0.2) is 0 Å². The lowest BCUT2D eigenvalue weighted by molar-refractivity contribution is 0.460. The van der Waals surface area contributed by atoms with E-state index >= 15 is 0 Å². The minimum Gasteiger partial charge on any atom is -0.317 e. The molecule has 1 nitrogen and oxygen atoms in total. The summed E-state index contributed by atoms with van der Waals surface area (Å²) in [4.78, 5) is 0. The van der Waals surface area contributed by atoms with E-state index in [0.717, 1.165) is 5.92 Å².